The van der Waals surface area contributed by atoms with Gasteiger partial charge < -0.3 is 9.80 Å². The molecule has 5 nitrogen and oxygen atoms in total. The molecule has 2 amide bonds. The van der Waals surface area contributed by atoms with Gasteiger partial charge in [0.2, 0.25) is 0 Å². The van der Waals surface area contributed by atoms with E-state index in [4.69, 9.17) is 0 Å². The summed E-state index contributed by atoms with van der Waals surface area (Å²) in [6.45, 7) is 5.76. The minimum Gasteiger partial charge on any atom is -0.335 e. The van der Waals surface area contributed by atoms with Crippen LogP contribution in [0.25, 0.3) is 10.9 Å². The number of piperazine rings is 1. The van der Waals surface area contributed by atoms with Gasteiger partial charge in [-0.3, -0.25) is 14.6 Å². The van der Waals surface area contributed by atoms with Gasteiger partial charge in [-0.1, -0.05) is 19.1 Å². The zero-order valence-electron chi connectivity index (χ0n) is 17.2. The number of carbonyl (C=O) groups is 2. The molecule has 1 fully saturated rings. The summed E-state index contributed by atoms with van der Waals surface area (Å²) in [5.74, 6) is -0.500. The standard InChI is InChI=1S/C24H24FN3O2/c1-3-17-4-6-18(7-5-17)23(29)27-10-12-28(13-11-27)24(30)21-14-16(2)26-22-15-19(25)8-9-20(21)22/h4-9,14-15H,3,10-13H2,1-2H3. The second-order valence-corrected chi connectivity index (χ2v) is 7.61. The van der Waals surface area contributed by atoms with Gasteiger partial charge in [0.05, 0.1) is 11.1 Å². The minimum atomic E-state index is -0.377. The third kappa shape index (κ3) is 3.90. The quantitative estimate of drug-likeness (QED) is 0.665. The largest absolute Gasteiger partial charge is 0.335 e. The number of halogens is 1. The van der Waals surface area contributed by atoms with Crippen molar-refractivity contribution < 1.29 is 14.0 Å². The molecular weight excluding hydrogens is 381 g/mol. The first-order valence-corrected chi connectivity index (χ1v) is 10.2. The third-order valence-corrected chi connectivity index (χ3v) is 5.59. The maximum absolute atomic E-state index is 13.6. The molecule has 0 spiro atoms. The average Bonchev–Trinajstić information content (AvgIpc) is 2.77. The van der Waals surface area contributed by atoms with Crippen LogP contribution in [-0.4, -0.2) is 52.8 Å². The topological polar surface area (TPSA) is 53.5 Å². The Kier molecular flexibility index (Phi) is 5.48. The van der Waals surface area contributed by atoms with Crippen molar-refractivity contribution in [2.75, 3.05) is 26.2 Å². The summed E-state index contributed by atoms with van der Waals surface area (Å²) in [5, 5.41) is 0.640. The lowest BCUT2D eigenvalue weighted by Gasteiger charge is -2.35. The van der Waals surface area contributed by atoms with E-state index >= 15 is 0 Å². The van der Waals surface area contributed by atoms with Crippen LogP contribution in [0.4, 0.5) is 4.39 Å². The molecule has 1 aliphatic rings. The van der Waals surface area contributed by atoms with Crippen molar-refractivity contribution in [3.63, 3.8) is 0 Å². The number of hydrogen-bond donors (Lipinski definition) is 0. The first kappa shape index (κ1) is 20.0. The summed E-state index contributed by atoms with van der Waals surface area (Å²) >= 11 is 0. The van der Waals surface area contributed by atoms with Gasteiger partial charge in [-0.15, -0.1) is 0 Å². The molecule has 154 valence electrons. The summed E-state index contributed by atoms with van der Waals surface area (Å²) in [4.78, 5) is 33.8. The smallest absolute Gasteiger partial charge is 0.254 e. The number of aromatic nitrogens is 1. The summed E-state index contributed by atoms with van der Waals surface area (Å²) in [6, 6.07) is 13.7. The highest BCUT2D eigenvalue weighted by Crippen LogP contribution is 2.22. The van der Waals surface area contributed by atoms with Gasteiger partial charge in [-0.2, -0.15) is 0 Å². The molecule has 6 heteroatoms. The number of benzene rings is 2. The summed E-state index contributed by atoms with van der Waals surface area (Å²) in [5.41, 5.74) is 3.53. The van der Waals surface area contributed by atoms with Crippen molar-refractivity contribution in [1.82, 2.24) is 14.8 Å². The van der Waals surface area contributed by atoms with Gasteiger partial charge in [0.25, 0.3) is 11.8 Å². The Morgan fingerprint density at radius 2 is 1.57 bits per heavy atom. The van der Waals surface area contributed by atoms with E-state index in [9.17, 15) is 14.0 Å². The number of fused-ring (bicyclic) bond motifs is 1. The number of pyridine rings is 1. The molecule has 0 aliphatic carbocycles. The van der Waals surface area contributed by atoms with Gasteiger partial charge in [0, 0.05) is 48.9 Å². The van der Waals surface area contributed by atoms with Crippen LogP contribution in [-0.2, 0) is 6.42 Å². The van der Waals surface area contributed by atoms with Crippen molar-refractivity contribution in [1.29, 1.82) is 0 Å². The van der Waals surface area contributed by atoms with Crippen molar-refractivity contribution >= 4 is 22.7 Å². The normalized spacial score (nSPS) is 14.2. The van der Waals surface area contributed by atoms with Crippen LogP contribution in [0.2, 0.25) is 0 Å². The number of amides is 2. The Bertz CT molecular complexity index is 1100. The fourth-order valence-corrected chi connectivity index (χ4v) is 3.86. The molecule has 0 bridgehead atoms. The zero-order valence-corrected chi connectivity index (χ0v) is 17.2. The highest BCUT2D eigenvalue weighted by Gasteiger charge is 2.26. The molecular formula is C24H24FN3O2. The fourth-order valence-electron chi connectivity index (χ4n) is 3.86. The lowest BCUT2D eigenvalue weighted by Crippen LogP contribution is -2.50. The second kappa shape index (κ2) is 8.22. The third-order valence-electron chi connectivity index (χ3n) is 5.59. The summed E-state index contributed by atoms with van der Waals surface area (Å²) in [7, 11) is 0. The Morgan fingerprint density at radius 3 is 2.20 bits per heavy atom. The van der Waals surface area contributed by atoms with Gasteiger partial charge in [-0.05, 0) is 49.2 Å². The minimum absolute atomic E-state index is 0.00886. The predicted molar refractivity (Wildman–Crippen MR) is 114 cm³/mol. The first-order valence-electron chi connectivity index (χ1n) is 10.2. The lowest BCUT2D eigenvalue weighted by atomic mass is 10.1. The van der Waals surface area contributed by atoms with Crippen LogP contribution < -0.4 is 0 Å². The maximum atomic E-state index is 13.6. The fraction of sp³-hybridized carbons (Fsp3) is 0.292. The number of rotatable bonds is 3. The predicted octanol–water partition coefficient (Wildman–Crippen LogP) is 3.84. The van der Waals surface area contributed by atoms with E-state index in [2.05, 4.69) is 11.9 Å². The molecule has 2 heterocycles. The summed E-state index contributed by atoms with van der Waals surface area (Å²) < 4.78 is 13.6. The molecule has 0 N–H and O–H groups in total. The lowest BCUT2D eigenvalue weighted by molar-refractivity contribution is 0.0536. The van der Waals surface area contributed by atoms with Crippen molar-refractivity contribution in [2.45, 2.75) is 20.3 Å². The molecule has 1 saturated heterocycles. The van der Waals surface area contributed by atoms with Crippen molar-refractivity contribution in [3.05, 3.63) is 76.7 Å². The molecule has 30 heavy (non-hydrogen) atoms. The van der Waals surface area contributed by atoms with Gasteiger partial charge in [0.15, 0.2) is 0 Å². The highest BCUT2D eigenvalue weighted by molar-refractivity contribution is 6.06. The monoisotopic (exact) mass is 405 g/mol. The molecule has 3 aromatic rings. The number of carbonyl (C=O) groups excluding carboxylic acids is 2. The second-order valence-electron chi connectivity index (χ2n) is 7.61. The van der Waals surface area contributed by atoms with E-state index in [0.717, 1.165) is 6.42 Å². The van der Waals surface area contributed by atoms with E-state index in [-0.39, 0.29) is 17.6 Å². The van der Waals surface area contributed by atoms with Crippen LogP contribution in [0.1, 0.15) is 38.9 Å². The van der Waals surface area contributed by atoms with Crippen LogP contribution >= 0.6 is 0 Å². The Hall–Kier alpha value is -3.28. The molecule has 0 saturated carbocycles. The summed E-state index contributed by atoms with van der Waals surface area (Å²) in [6.07, 6.45) is 0.936. The molecule has 1 aromatic heterocycles. The van der Waals surface area contributed by atoms with E-state index < -0.39 is 0 Å². The Balaban J connectivity index is 1.48. The molecule has 1 aliphatic heterocycles. The maximum Gasteiger partial charge on any atom is 0.254 e. The van der Waals surface area contributed by atoms with Gasteiger partial charge >= 0.3 is 0 Å². The van der Waals surface area contributed by atoms with Crippen LogP contribution in [0.5, 0.6) is 0 Å². The SMILES string of the molecule is CCc1ccc(C(=O)N2CCN(C(=O)c3cc(C)nc4cc(F)ccc34)CC2)cc1. The number of aryl methyl sites for hydroxylation is 2. The Labute approximate surface area is 175 Å². The van der Waals surface area contributed by atoms with Crippen molar-refractivity contribution in [2.24, 2.45) is 0 Å². The van der Waals surface area contributed by atoms with E-state index in [1.807, 2.05) is 24.3 Å². The van der Waals surface area contributed by atoms with Crippen LogP contribution in [0.15, 0.2) is 48.5 Å². The van der Waals surface area contributed by atoms with Crippen molar-refractivity contribution in [3.8, 4) is 0 Å². The number of hydrogen-bond acceptors (Lipinski definition) is 3. The molecule has 0 radical (unpaired) electrons. The van der Waals surface area contributed by atoms with E-state index in [1.165, 1.54) is 17.7 Å². The average molecular weight is 405 g/mol. The van der Waals surface area contributed by atoms with Gasteiger partial charge in [-0.25, -0.2) is 4.39 Å². The Morgan fingerprint density at radius 1 is 0.933 bits per heavy atom. The molecule has 4 rings (SSSR count). The van der Waals surface area contributed by atoms with E-state index in [1.54, 1.807) is 28.9 Å². The molecule has 0 unspecified atom stereocenters. The van der Waals surface area contributed by atoms with E-state index in [0.29, 0.717) is 53.9 Å². The highest BCUT2D eigenvalue weighted by atomic mass is 19.1. The first-order chi connectivity index (χ1) is 14.5. The zero-order chi connectivity index (χ0) is 21.3. The molecule has 0 atom stereocenters. The van der Waals surface area contributed by atoms with Crippen LogP contribution in [0, 0.1) is 12.7 Å². The van der Waals surface area contributed by atoms with Gasteiger partial charge in [0.1, 0.15) is 5.82 Å². The number of nitrogens with zero attached hydrogens (tertiary/aromatic N) is 3. The van der Waals surface area contributed by atoms with Crippen LogP contribution in [0.3, 0.4) is 0 Å². The molecule has 2 aromatic carbocycles.